The normalized spacial score (nSPS) is 21.5. The molecule has 1 aromatic rings. The zero-order chi connectivity index (χ0) is 13.7. The van der Waals surface area contributed by atoms with E-state index in [1.54, 1.807) is 0 Å². The average molecular weight is 261 g/mol. The highest BCUT2D eigenvalue weighted by atomic mass is 15.1. The predicted octanol–water partition coefficient (Wildman–Crippen LogP) is 2.68. The van der Waals surface area contributed by atoms with E-state index in [0.717, 1.165) is 19.0 Å². The topological polar surface area (TPSA) is 28.2 Å². The van der Waals surface area contributed by atoms with Crippen LogP contribution in [0.4, 0.5) is 0 Å². The second kappa shape index (κ2) is 6.49. The monoisotopic (exact) mass is 261 g/mol. The van der Waals surface area contributed by atoms with Crippen LogP contribution in [0.25, 0.3) is 0 Å². The molecule has 0 bridgehead atoms. The van der Waals surface area contributed by atoms with Crippen molar-refractivity contribution >= 4 is 0 Å². The van der Waals surface area contributed by atoms with Gasteiger partial charge in [0.05, 0.1) is 0 Å². The smallest absolute Gasteiger partial charge is 0.0271 e. The Morgan fingerprint density at radius 2 is 2.05 bits per heavy atom. The van der Waals surface area contributed by atoms with Crippen molar-refractivity contribution in [2.45, 2.75) is 45.7 Å². The second-order valence-corrected chi connectivity index (χ2v) is 6.73. The minimum atomic E-state index is 0.230. The number of hydrogen-bond donors (Lipinski definition) is 1. The second-order valence-electron chi connectivity index (χ2n) is 6.73. The molecule has 19 heavy (non-hydrogen) atoms. The van der Waals surface area contributed by atoms with Gasteiger partial charge in [-0.15, -0.1) is 0 Å². The molecule has 1 N–H and O–H groups in total. The molecule has 2 rings (SSSR count). The van der Waals surface area contributed by atoms with E-state index in [2.05, 4.69) is 48.1 Å². The molecule has 1 aliphatic heterocycles. The lowest BCUT2D eigenvalue weighted by Gasteiger charge is -2.34. The zero-order valence-corrected chi connectivity index (χ0v) is 12.5. The summed E-state index contributed by atoms with van der Waals surface area (Å²) in [6.07, 6.45) is 6.45. The number of hydrogen-bond acceptors (Lipinski definition) is 3. The molecular formula is C16H27N3. The highest BCUT2D eigenvalue weighted by Gasteiger charge is 2.21. The molecule has 1 aromatic heterocycles. The Morgan fingerprint density at radius 1 is 1.32 bits per heavy atom. The van der Waals surface area contributed by atoms with Crippen molar-refractivity contribution in [3.05, 3.63) is 30.1 Å². The predicted molar refractivity (Wildman–Crippen MR) is 80.0 cm³/mol. The molecule has 3 nitrogen and oxygen atoms in total. The van der Waals surface area contributed by atoms with Crippen LogP contribution in [0, 0.1) is 5.92 Å². The summed E-state index contributed by atoms with van der Waals surface area (Å²) in [6, 6.07) is 4.24. The van der Waals surface area contributed by atoms with Gasteiger partial charge in [-0.2, -0.15) is 0 Å². The number of pyridine rings is 1. The van der Waals surface area contributed by atoms with Crippen LogP contribution >= 0.6 is 0 Å². The first kappa shape index (κ1) is 14.5. The maximum atomic E-state index is 4.08. The first-order valence-electron chi connectivity index (χ1n) is 7.39. The quantitative estimate of drug-likeness (QED) is 0.903. The fourth-order valence-electron chi connectivity index (χ4n) is 2.66. The van der Waals surface area contributed by atoms with Gasteiger partial charge in [0.25, 0.3) is 0 Å². The maximum Gasteiger partial charge on any atom is 0.0271 e. The van der Waals surface area contributed by atoms with E-state index in [0.29, 0.717) is 0 Å². The lowest BCUT2D eigenvalue weighted by atomic mass is 9.96. The minimum Gasteiger partial charge on any atom is -0.312 e. The van der Waals surface area contributed by atoms with Gasteiger partial charge < -0.3 is 5.32 Å². The number of nitrogens with zero attached hydrogens (tertiary/aromatic N) is 2. The molecule has 0 spiro atoms. The van der Waals surface area contributed by atoms with Crippen LogP contribution < -0.4 is 5.32 Å². The third kappa shape index (κ3) is 5.29. The van der Waals surface area contributed by atoms with E-state index in [1.165, 1.54) is 31.5 Å². The summed E-state index contributed by atoms with van der Waals surface area (Å²) < 4.78 is 0. The van der Waals surface area contributed by atoms with Crippen LogP contribution in [0.3, 0.4) is 0 Å². The van der Waals surface area contributed by atoms with Crippen LogP contribution in [0.1, 0.15) is 39.2 Å². The van der Waals surface area contributed by atoms with Gasteiger partial charge in [0.15, 0.2) is 0 Å². The highest BCUT2D eigenvalue weighted by Crippen LogP contribution is 2.18. The molecule has 3 heteroatoms. The van der Waals surface area contributed by atoms with Crippen molar-refractivity contribution in [3.63, 3.8) is 0 Å². The largest absolute Gasteiger partial charge is 0.312 e. The standard InChI is InChI=1S/C16H27N3/c1-16(2,3)18-11-15-5-4-10-19(13-15)12-14-6-8-17-9-7-14/h6-9,15,18H,4-5,10-13H2,1-3H3. The Morgan fingerprint density at radius 3 is 2.74 bits per heavy atom. The number of nitrogens with one attached hydrogen (secondary N) is 1. The van der Waals surface area contributed by atoms with E-state index in [4.69, 9.17) is 0 Å². The van der Waals surface area contributed by atoms with E-state index in [9.17, 15) is 0 Å². The van der Waals surface area contributed by atoms with E-state index < -0.39 is 0 Å². The summed E-state index contributed by atoms with van der Waals surface area (Å²) in [6.45, 7) is 11.4. The maximum absolute atomic E-state index is 4.08. The Balaban J connectivity index is 1.80. The molecule has 1 saturated heterocycles. The first-order valence-corrected chi connectivity index (χ1v) is 7.39. The molecule has 1 fully saturated rings. The van der Waals surface area contributed by atoms with Crippen molar-refractivity contribution in [2.24, 2.45) is 5.92 Å². The molecule has 1 aliphatic rings. The van der Waals surface area contributed by atoms with Gasteiger partial charge >= 0.3 is 0 Å². The van der Waals surface area contributed by atoms with Crippen LogP contribution in [0.15, 0.2) is 24.5 Å². The van der Waals surface area contributed by atoms with Crippen molar-refractivity contribution < 1.29 is 0 Å². The molecule has 0 aromatic carbocycles. The number of piperidine rings is 1. The Hall–Kier alpha value is -0.930. The number of likely N-dealkylation sites (tertiary alicyclic amines) is 1. The summed E-state index contributed by atoms with van der Waals surface area (Å²) in [5.74, 6) is 0.787. The fourth-order valence-corrected chi connectivity index (χ4v) is 2.66. The summed E-state index contributed by atoms with van der Waals surface area (Å²) in [7, 11) is 0. The van der Waals surface area contributed by atoms with Crippen LogP contribution in [0.2, 0.25) is 0 Å². The molecule has 2 heterocycles. The van der Waals surface area contributed by atoms with Gasteiger partial charge in [0.1, 0.15) is 0 Å². The Bertz CT molecular complexity index is 369. The fraction of sp³-hybridized carbons (Fsp3) is 0.688. The van der Waals surface area contributed by atoms with Crippen molar-refractivity contribution in [1.29, 1.82) is 0 Å². The minimum absolute atomic E-state index is 0.230. The Labute approximate surface area is 117 Å². The van der Waals surface area contributed by atoms with E-state index in [-0.39, 0.29) is 5.54 Å². The molecule has 0 saturated carbocycles. The lowest BCUT2D eigenvalue weighted by molar-refractivity contribution is 0.159. The van der Waals surface area contributed by atoms with Crippen molar-refractivity contribution in [1.82, 2.24) is 15.2 Å². The molecule has 1 atom stereocenters. The molecular weight excluding hydrogens is 234 g/mol. The first-order chi connectivity index (χ1) is 9.03. The van der Waals surface area contributed by atoms with Gasteiger partial charge in [-0.25, -0.2) is 0 Å². The van der Waals surface area contributed by atoms with Gasteiger partial charge in [-0.1, -0.05) is 0 Å². The van der Waals surface area contributed by atoms with Crippen LogP contribution in [-0.2, 0) is 6.54 Å². The third-order valence-corrected chi connectivity index (χ3v) is 3.68. The SMILES string of the molecule is CC(C)(C)NCC1CCCN(Cc2ccncc2)C1. The number of rotatable bonds is 4. The van der Waals surface area contributed by atoms with Crippen LogP contribution in [-0.4, -0.2) is 35.1 Å². The molecule has 0 aliphatic carbocycles. The molecule has 106 valence electrons. The molecule has 0 amide bonds. The number of aromatic nitrogens is 1. The van der Waals surface area contributed by atoms with Crippen molar-refractivity contribution in [2.75, 3.05) is 19.6 Å². The van der Waals surface area contributed by atoms with Crippen LogP contribution in [0.5, 0.6) is 0 Å². The lowest BCUT2D eigenvalue weighted by Crippen LogP contribution is -2.44. The summed E-state index contributed by atoms with van der Waals surface area (Å²) >= 11 is 0. The van der Waals surface area contributed by atoms with E-state index in [1.807, 2.05) is 12.4 Å². The molecule has 0 radical (unpaired) electrons. The summed E-state index contributed by atoms with van der Waals surface area (Å²) in [4.78, 5) is 6.66. The van der Waals surface area contributed by atoms with Gasteiger partial charge in [0, 0.05) is 31.0 Å². The summed E-state index contributed by atoms with van der Waals surface area (Å²) in [5.41, 5.74) is 1.60. The highest BCUT2D eigenvalue weighted by molar-refractivity contribution is 5.09. The average Bonchev–Trinajstić information content (AvgIpc) is 2.37. The summed E-state index contributed by atoms with van der Waals surface area (Å²) in [5, 5.41) is 3.64. The van der Waals surface area contributed by atoms with Gasteiger partial charge in [0.2, 0.25) is 0 Å². The van der Waals surface area contributed by atoms with Gasteiger partial charge in [-0.05, 0) is 70.3 Å². The zero-order valence-electron chi connectivity index (χ0n) is 12.5. The van der Waals surface area contributed by atoms with Crippen molar-refractivity contribution in [3.8, 4) is 0 Å². The molecule has 1 unspecified atom stereocenters. The van der Waals surface area contributed by atoms with E-state index >= 15 is 0 Å². The Kier molecular flexibility index (Phi) is 4.94. The van der Waals surface area contributed by atoms with Gasteiger partial charge in [-0.3, -0.25) is 9.88 Å². The third-order valence-electron chi connectivity index (χ3n) is 3.68.